The lowest BCUT2D eigenvalue weighted by Gasteiger charge is -2.17. The first-order valence-electron chi connectivity index (χ1n) is 48.8. The molecule has 0 bridgehead atoms. The van der Waals surface area contributed by atoms with Crippen molar-refractivity contribution in [3.8, 4) is 33.4 Å². The van der Waals surface area contributed by atoms with Crippen LogP contribution >= 0.6 is 0 Å². The van der Waals surface area contributed by atoms with E-state index >= 15 is 0 Å². The lowest BCUT2D eigenvalue weighted by Crippen LogP contribution is -1.96. The zero-order valence-electron chi connectivity index (χ0n) is 80.2. The molecule has 0 amide bonds. The van der Waals surface area contributed by atoms with E-state index in [9.17, 15) is 0 Å². The summed E-state index contributed by atoms with van der Waals surface area (Å²) >= 11 is 0. The first-order chi connectivity index (χ1) is 63.6. The van der Waals surface area contributed by atoms with Crippen molar-refractivity contribution in [3.63, 3.8) is 0 Å². The molecule has 676 valence electrons. The highest BCUT2D eigenvalue weighted by Gasteiger charge is 2.31. The molecule has 25 rings (SSSR count). The van der Waals surface area contributed by atoms with Crippen LogP contribution in [-0.2, 0) is 38.9 Å². The minimum atomic E-state index is 0. The topological polar surface area (TPSA) is 14.8 Å². The SMILES string of the molecule is C.C.C.C1=CCCC=C1.C1=CCCC=C1.C1=CCCC=C1.CC.CC.CC.CC.CC.CC.CC.CC.CCn1c2ccccc2c2c3c(ccc21)c1c(c2ccccc23)-c2ccccc2C1.CCn1c2ccccc2c2c3c4ccccc4c4c(c3c3ccccc3c21)Cc1ccccc1-4.CCn1c2ccccc2c2c3ccc4c(c3c3ccccc3c21)Cc1ccccc1-4. The van der Waals surface area contributed by atoms with Gasteiger partial charge in [-0.3, -0.25) is 0 Å². The van der Waals surface area contributed by atoms with Gasteiger partial charge < -0.3 is 13.7 Å². The van der Waals surface area contributed by atoms with Crippen LogP contribution < -0.4 is 0 Å². The van der Waals surface area contributed by atoms with Crippen molar-refractivity contribution in [2.45, 2.75) is 231 Å². The normalized spacial score (nSPS) is 12.1. The third kappa shape index (κ3) is 19.4. The Morgan fingerprint density at radius 1 is 0.191 bits per heavy atom. The van der Waals surface area contributed by atoms with Crippen molar-refractivity contribution >= 4 is 141 Å². The van der Waals surface area contributed by atoms with Gasteiger partial charge in [-0.25, -0.2) is 0 Å². The number of aryl methyl sites for hydroxylation is 3. The molecule has 0 aliphatic heterocycles. The molecule has 3 nitrogen and oxygen atoms in total. The smallest absolute Gasteiger partial charge is 0.0577 e. The lowest BCUT2D eigenvalue weighted by molar-refractivity contribution is 0.827. The van der Waals surface area contributed by atoms with E-state index in [0.29, 0.717) is 0 Å². The number of rotatable bonds is 3. The number of hydrogen-bond acceptors (Lipinski definition) is 0. The van der Waals surface area contributed by atoms with Gasteiger partial charge in [0.2, 0.25) is 0 Å². The summed E-state index contributed by atoms with van der Waals surface area (Å²) in [4.78, 5) is 0. The molecule has 6 aliphatic rings. The fourth-order valence-corrected chi connectivity index (χ4v) is 20.0. The van der Waals surface area contributed by atoms with Crippen LogP contribution in [0.1, 0.15) is 226 Å². The van der Waals surface area contributed by atoms with Crippen molar-refractivity contribution in [2.75, 3.05) is 0 Å². The maximum atomic E-state index is 2.52. The summed E-state index contributed by atoms with van der Waals surface area (Å²) in [5.41, 5.74) is 25.3. The Balaban J connectivity index is 0.000000186. The molecule has 0 saturated heterocycles. The molecule has 3 heterocycles. The number of nitrogens with zero attached hydrogens (tertiary/aromatic N) is 3. The van der Waals surface area contributed by atoms with Gasteiger partial charge in [-0.1, -0.05) is 449 Å². The summed E-state index contributed by atoms with van der Waals surface area (Å²) in [7, 11) is 0. The standard InChI is InChI=1S/C33H23N.2C29H21N.3C6H8.8C2H6.3CH4/c1-2-34-28-18-10-9-17-26(28)32-31-23-14-6-5-13-22(23)29-21-12-4-3-11-20(21)19-27(29)30(31)24-15-7-8-16-25(24)33(32)34;1-2-30-26-14-8-7-13-23(26)28-24-16-15-20-19-10-4-3-9-18(19)17-25(20)27(24)21-11-5-6-12-22(21)29(28)30;1-2-30-25-14-8-7-13-23(25)29-26(30)16-15-22-24-17-18-9-3-4-10-19(18)27(24)20-11-5-6-12-21(20)28(22)29;3*1-2-4-6-5-3-1;8*1-2;;;/h3-18H,2,19H2,1H3;2*3-16H,2,17H2,1H3;3*1-4H,5-6H2;8*1-2H3;3*1H4. The molecule has 3 aromatic heterocycles. The molecule has 0 radical (unpaired) electrons. The van der Waals surface area contributed by atoms with Crippen LogP contribution in [0.4, 0.5) is 0 Å². The average molecular weight is 1730 g/mol. The van der Waals surface area contributed by atoms with Crippen LogP contribution in [0.25, 0.3) is 174 Å². The van der Waals surface area contributed by atoms with Gasteiger partial charge in [0.15, 0.2) is 0 Å². The van der Waals surface area contributed by atoms with Gasteiger partial charge >= 0.3 is 0 Å². The molecule has 0 unspecified atom stereocenters. The van der Waals surface area contributed by atoms with Gasteiger partial charge in [0.1, 0.15) is 0 Å². The molecule has 0 atom stereocenters. The Labute approximate surface area is 787 Å². The zero-order valence-corrected chi connectivity index (χ0v) is 80.2. The third-order valence-corrected chi connectivity index (χ3v) is 24.6. The summed E-state index contributed by atoms with van der Waals surface area (Å²) in [6.45, 7) is 41.7. The second kappa shape index (κ2) is 49.8. The first-order valence-corrected chi connectivity index (χ1v) is 48.8. The van der Waals surface area contributed by atoms with Gasteiger partial charge in [-0.2, -0.15) is 0 Å². The number of aromatic nitrogens is 3. The third-order valence-electron chi connectivity index (χ3n) is 24.6. The average Bonchev–Trinajstić information content (AvgIpc) is 1.55. The molecule has 131 heavy (non-hydrogen) atoms. The number of benzene rings is 16. The minimum Gasteiger partial charge on any atom is -0.341 e. The Morgan fingerprint density at radius 2 is 0.489 bits per heavy atom. The number of fused-ring (bicyclic) bond motifs is 39. The molecule has 19 aromatic rings. The quantitative estimate of drug-likeness (QED) is 0.157. The highest BCUT2D eigenvalue weighted by atomic mass is 15.0. The van der Waals surface area contributed by atoms with E-state index in [1.807, 2.05) is 111 Å². The summed E-state index contributed by atoms with van der Waals surface area (Å²) in [6, 6.07) is 99.1. The van der Waals surface area contributed by atoms with Crippen LogP contribution in [-0.4, -0.2) is 13.7 Å². The van der Waals surface area contributed by atoms with Crippen LogP contribution in [0, 0.1) is 0 Å². The Morgan fingerprint density at radius 3 is 0.908 bits per heavy atom. The lowest BCUT2D eigenvalue weighted by atomic mass is 9.86. The van der Waals surface area contributed by atoms with E-state index in [-0.39, 0.29) is 22.3 Å². The minimum absolute atomic E-state index is 0. The fraction of sp³-hybridized carbons (Fsp3) is 0.266. The second-order valence-corrected chi connectivity index (χ2v) is 30.6. The molecule has 16 aromatic carbocycles. The second-order valence-electron chi connectivity index (χ2n) is 30.6. The van der Waals surface area contributed by atoms with Crippen LogP contribution in [0.2, 0.25) is 0 Å². The van der Waals surface area contributed by atoms with E-state index < -0.39 is 0 Å². The zero-order chi connectivity index (χ0) is 90.8. The number of para-hydroxylation sites is 3. The predicted octanol–water partition coefficient (Wildman–Crippen LogP) is 40.0. The van der Waals surface area contributed by atoms with E-state index in [4.69, 9.17) is 0 Å². The molecular formula is C128H149N3. The maximum absolute atomic E-state index is 2.52. The van der Waals surface area contributed by atoms with Gasteiger partial charge in [-0.05, 0) is 229 Å². The van der Waals surface area contributed by atoms with Crippen molar-refractivity contribution in [1.82, 2.24) is 13.7 Å². The number of hydrogen-bond donors (Lipinski definition) is 0. The van der Waals surface area contributed by atoms with Gasteiger partial charge in [0.25, 0.3) is 0 Å². The molecular weight excluding hydrogens is 1580 g/mol. The summed E-state index contributed by atoms with van der Waals surface area (Å²) in [5, 5.41) is 27.7. The van der Waals surface area contributed by atoms with E-state index in [2.05, 4.69) is 374 Å². The molecule has 0 N–H and O–H groups in total. The van der Waals surface area contributed by atoms with Crippen molar-refractivity contribution in [1.29, 1.82) is 0 Å². The molecule has 6 aliphatic carbocycles. The van der Waals surface area contributed by atoms with Crippen LogP contribution in [0.15, 0.2) is 340 Å². The van der Waals surface area contributed by atoms with E-state index in [0.717, 1.165) is 38.9 Å². The largest absolute Gasteiger partial charge is 0.341 e. The summed E-state index contributed by atoms with van der Waals surface area (Å²) < 4.78 is 7.47. The van der Waals surface area contributed by atoms with Gasteiger partial charge in [-0.15, -0.1) is 0 Å². The molecule has 0 saturated carbocycles. The maximum Gasteiger partial charge on any atom is 0.0577 e. The van der Waals surface area contributed by atoms with Crippen LogP contribution in [0.5, 0.6) is 0 Å². The van der Waals surface area contributed by atoms with Gasteiger partial charge in [0, 0.05) is 90.2 Å². The van der Waals surface area contributed by atoms with Crippen molar-refractivity contribution < 1.29 is 0 Å². The van der Waals surface area contributed by atoms with E-state index in [1.165, 1.54) is 246 Å². The van der Waals surface area contributed by atoms with Crippen molar-refractivity contribution in [3.05, 3.63) is 373 Å². The van der Waals surface area contributed by atoms with Crippen LogP contribution in [0.3, 0.4) is 0 Å². The van der Waals surface area contributed by atoms with Crippen molar-refractivity contribution in [2.24, 2.45) is 0 Å². The monoisotopic (exact) mass is 1730 g/mol. The number of allylic oxidation sites excluding steroid dienone is 12. The Hall–Kier alpha value is -12.8. The highest BCUT2D eigenvalue weighted by molar-refractivity contribution is 6.39. The summed E-state index contributed by atoms with van der Waals surface area (Å²) in [6.07, 6.45) is 36.0. The molecule has 3 heteroatoms. The fourth-order valence-electron chi connectivity index (χ4n) is 20.0. The molecule has 0 spiro atoms. The molecule has 0 fully saturated rings. The first kappa shape index (κ1) is 102. The van der Waals surface area contributed by atoms with Gasteiger partial charge in [0.05, 0.1) is 11.0 Å². The highest BCUT2D eigenvalue weighted by Crippen LogP contribution is 2.54. The Kier molecular flexibility index (Phi) is 38.8. The predicted molar refractivity (Wildman–Crippen MR) is 596 cm³/mol. The Bertz CT molecular complexity index is 7120. The van der Waals surface area contributed by atoms with E-state index in [1.54, 1.807) is 0 Å². The summed E-state index contributed by atoms with van der Waals surface area (Å²) in [5.74, 6) is 0.